The molecule has 31 heavy (non-hydrogen) atoms. The van der Waals surface area contributed by atoms with Crippen LogP contribution in [0.4, 0.5) is 0 Å². The third-order valence-corrected chi connectivity index (χ3v) is 6.91. The normalized spacial score (nSPS) is 26.2. The number of rotatable bonds is 3. The van der Waals surface area contributed by atoms with Crippen molar-refractivity contribution in [1.29, 1.82) is 0 Å². The number of Topliss-reactive ketones (excluding diaryl/α,β-unsaturated/α-hetero) is 2. The van der Waals surface area contributed by atoms with Crippen LogP contribution in [0, 0.1) is 13.8 Å². The molecule has 2 aliphatic rings. The van der Waals surface area contributed by atoms with E-state index in [4.69, 9.17) is 5.73 Å². The Morgan fingerprint density at radius 1 is 0.774 bits per heavy atom. The molecule has 2 aliphatic carbocycles. The van der Waals surface area contributed by atoms with Crippen LogP contribution in [0.25, 0.3) is 0 Å². The minimum absolute atomic E-state index is 0.194. The fraction of sp³-hybridized carbons (Fsp3) is 0.481. The molecule has 2 aromatic carbocycles. The van der Waals surface area contributed by atoms with Gasteiger partial charge in [-0.3, -0.25) is 9.59 Å². The molecule has 0 heterocycles. The predicted octanol–water partition coefficient (Wildman–Crippen LogP) is 4.84. The second-order valence-corrected chi connectivity index (χ2v) is 9.12. The van der Waals surface area contributed by atoms with Gasteiger partial charge in [0.25, 0.3) is 0 Å². The first-order chi connectivity index (χ1) is 14.8. The molecule has 2 aromatic rings. The lowest BCUT2D eigenvalue weighted by atomic mass is 9.75. The number of likely N-dealkylation sites (N-methyl/N-ethyl adjacent to an activating group) is 1. The third kappa shape index (κ3) is 4.97. The summed E-state index contributed by atoms with van der Waals surface area (Å²) < 4.78 is 0. The Hall–Kier alpha value is -2.30. The molecule has 0 amide bonds. The van der Waals surface area contributed by atoms with Crippen LogP contribution in [-0.4, -0.2) is 18.6 Å². The largest absolute Gasteiger partial charge is 0.315 e. The molecule has 2 atom stereocenters. The summed E-state index contributed by atoms with van der Waals surface area (Å²) in [6.07, 6.45) is 7.24. The molecule has 166 valence electrons. The standard InChI is InChI=1S/C14H19NO.C13H17NO/c1-11-6-8-12(9-7-11)14(15-2)10-4-3-5-13(14)16;1-10-5-4-6-11(9-10)13(14)8-3-2-7-12(13)15/h6-9,15H,3-5,10H2,1-2H3;4-6,9H,2-3,7-8,14H2,1H3. The molecular formula is C27H36N2O2. The summed E-state index contributed by atoms with van der Waals surface area (Å²) in [5.41, 5.74) is 9.59. The summed E-state index contributed by atoms with van der Waals surface area (Å²) in [6, 6.07) is 16.3. The number of ketones is 2. The van der Waals surface area contributed by atoms with E-state index >= 15 is 0 Å². The Labute approximate surface area is 186 Å². The zero-order chi connectivity index (χ0) is 22.5. The minimum atomic E-state index is -0.718. The van der Waals surface area contributed by atoms with E-state index in [-0.39, 0.29) is 5.78 Å². The van der Waals surface area contributed by atoms with Gasteiger partial charge in [0.05, 0.1) is 0 Å². The summed E-state index contributed by atoms with van der Waals surface area (Å²) >= 11 is 0. The molecule has 2 fully saturated rings. The first-order valence-electron chi connectivity index (χ1n) is 11.5. The van der Waals surface area contributed by atoms with Crippen molar-refractivity contribution in [2.24, 2.45) is 5.73 Å². The van der Waals surface area contributed by atoms with E-state index in [9.17, 15) is 9.59 Å². The maximum Gasteiger partial charge on any atom is 0.157 e. The van der Waals surface area contributed by atoms with Gasteiger partial charge in [-0.25, -0.2) is 0 Å². The molecule has 0 radical (unpaired) electrons. The average molecular weight is 421 g/mol. The summed E-state index contributed by atoms with van der Waals surface area (Å²) in [5.74, 6) is 0.532. The topological polar surface area (TPSA) is 72.2 Å². The molecule has 2 unspecified atom stereocenters. The van der Waals surface area contributed by atoms with Crippen molar-refractivity contribution in [3.05, 3.63) is 70.8 Å². The monoisotopic (exact) mass is 420 g/mol. The van der Waals surface area contributed by atoms with Crippen LogP contribution in [0.1, 0.15) is 73.6 Å². The number of benzene rings is 2. The lowest BCUT2D eigenvalue weighted by molar-refractivity contribution is -0.128. The SMILES string of the molecule is CNC1(c2ccc(C)cc2)CCCCC1=O.Cc1cccc(C2(N)CCCCC2=O)c1. The Morgan fingerprint density at radius 2 is 1.42 bits per heavy atom. The lowest BCUT2D eigenvalue weighted by Gasteiger charge is -2.36. The van der Waals surface area contributed by atoms with E-state index in [1.54, 1.807) is 0 Å². The molecule has 3 N–H and O–H groups in total. The number of carbonyl (C=O) groups is 2. The van der Waals surface area contributed by atoms with Gasteiger partial charge in [-0.15, -0.1) is 0 Å². The Bertz CT molecular complexity index is 921. The van der Waals surface area contributed by atoms with Gasteiger partial charge in [-0.2, -0.15) is 0 Å². The number of nitrogens with two attached hydrogens (primary N) is 1. The van der Waals surface area contributed by atoms with Crippen molar-refractivity contribution in [3.63, 3.8) is 0 Å². The van der Waals surface area contributed by atoms with Gasteiger partial charge in [0.15, 0.2) is 11.6 Å². The number of hydrogen-bond acceptors (Lipinski definition) is 4. The second kappa shape index (κ2) is 9.88. The van der Waals surface area contributed by atoms with Crippen LogP contribution in [0.3, 0.4) is 0 Å². The van der Waals surface area contributed by atoms with Gasteiger partial charge >= 0.3 is 0 Å². The maximum atomic E-state index is 12.2. The van der Waals surface area contributed by atoms with E-state index in [0.717, 1.165) is 55.2 Å². The van der Waals surface area contributed by atoms with Gasteiger partial charge in [0.2, 0.25) is 0 Å². The summed E-state index contributed by atoms with van der Waals surface area (Å²) in [4.78, 5) is 24.1. The highest BCUT2D eigenvalue weighted by Crippen LogP contribution is 2.34. The maximum absolute atomic E-state index is 12.2. The fourth-order valence-corrected chi connectivity index (χ4v) is 4.86. The van der Waals surface area contributed by atoms with E-state index in [1.807, 2.05) is 38.2 Å². The van der Waals surface area contributed by atoms with Crippen LogP contribution in [-0.2, 0) is 20.7 Å². The van der Waals surface area contributed by atoms with Crippen molar-refractivity contribution in [1.82, 2.24) is 5.32 Å². The molecule has 2 saturated carbocycles. The smallest absolute Gasteiger partial charge is 0.157 e. The Balaban J connectivity index is 0.000000176. The summed E-state index contributed by atoms with van der Waals surface area (Å²) in [7, 11) is 1.89. The zero-order valence-corrected chi connectivity index (χ0v) is 19.2. The fourth-order valence-electron chi connectivity index (χ4n) is 4.86. The lowest BCUT2D eigenvalue weighted by Crippen LogP contribution is -2.49. The van der Waals surface area contributed by atoms with Crippen molar-refractivity contribution >= 4 is 11.6 Å². The first kappa shape index (κ1) is 23.4. The minimum Gasteiger partial charge on any atom is -0.315 e. The molecule has 4 nitrogen and oxygen atoms in total. The van der Waals surface area contributed by atoms with Gasteiger partial charge in [0.1, 0.15) is 11.1 Å². The Morgan fingerprint density at radius 3 is 2.00 bits per heavy atom. The summed E-state index contributed by atoms with van der Waals surface area (Å²) in [6.45, 7) is 4.10. The van der Waals surface area contributed by atoms with E-state index < -0.39 is 11.1 Å². The molecule has 0 bridgehead atoms. The quantitative estimate of drug-likeness (QED) is 0.745. The molecule has 4 rings (SSSR count). The van der Waals surface area contributed by atoms with Crippen molar-refractivity contribution < 1.29 is 9.59 Å². The van der Waals surface area contributed by atoms with Gasteiger partial charge in [-0.1, -0.05) is 72.5 Å². The van der Waals surface area contributed by atoms with Crippen LogP contribution in [0.15, 0.2) is 48.5 Å². The molecule has 0 aromatic heterocycles. The zero-order valence-electron chi connectivity index (χ0n) is 19.2. The number of aryl methyl sites for hydroxylation is 2. The third-order valence-electron chi connectivity index (χ3n) is 6.91. The number of carbonyl (C=O) groups excluding carboxylic acids is 2. The van der Waals surface area contributed by atoms with Crippen LogP contribution in [0.5, 0.6) is 0 Å². The van der Waals surface area contributed by atoms with Crippen LogP contribution >= 0.6 is 0 Å². The van der Waals surface area contributed by atoms with Gasteiger partial charge in [-0.05, 0) is 57.7 Å². The van der Waals surface area contributed by atoms with Gasteiger partial charge in [0, 0.05) is 12.8 Å². The van der Waals surface area contributed by atoms with E-state index in [0.29, 0.717) is 18.6 Å². The van der Waals surface area contributed by atoms with E-state index in [2.05, 4.69) is 36.5 Å². The highest BCUT2D eigenvalue weighted by atomic mass is 16.1. The Kier molecular flexibility index (Phi) is 7.45. The first-order valence-corrected chi connectivity index (χ1v) is 11.5. The highest BCUT2D eigenvalue weighted by molar-refractivity contribution is 5.90. The predicted molar refractivity (Wildman–Crippen MR) is 126 cm³/mol. The summed E-state index contributed by atoms with van der Waals surface area (Å²) in [5, 5.41) is 3.25. The van der Waals surface area contributed by atoms with Crippen molar-refractivity contribution in [2.45, 2.75) is 76.3 Å². The highest BCUT2D eigenvalue weighted by Gasteiger charge is 2.39. The molecule has 4 heteroatoms. The molecular weight excluding hydrogens is 384 g/mol. The molecule has 0 aliphatic heterocycles. The second-order valence-electron chi connectivity index (χ2n) is 9.12. The molecule has 0 saturated heterocycles. The van der Waals surface area contributed by atoms with Crippen molar-refractivity contribution in [2.75, 3.05) is 7.05 Å². The van der Waals surface area contributed by atoms with Gasteiger partial charge < -0.3 is 11.1 Å². The van der Waals surface area contributed by atoms with Crippen LogP contribution < -0.4 is 11.1 Å². The average Bonchev–Trinajstić information content (AvgIpc) is 2.77. The van der Waals surface area contributed by atoms with Crippen LogP contribution in [0.2, 0.25) is 0 Å². The van der Waals surface area contributed by atoms with Crippen molar-refractivity contribution in [3.8, 4) is 0 Å². The number of hydrogen-bond donors (Lipinski definition) is 2. The molecule has 0 spiro atoms. The van der Waals surface area contributed by atoms with E-state index in [1.165, 1.54) is 5.56 Å². The number of nitrogens with one attached hydrogen (secondary N) is 1.